The Bertz CT molecular complexity index is 682. The molecule has 1 saturated heterocycles. The zero-order valence-corrected chi connectivity index (χ0v) is 15.1. The average molecular weight is 341 g/mol. The van der Waals surface area contributed by atoms with E-state index in [0.717, 1.165) is 37.2 Å². The maximum absolute atomic E-state index is 12.1. The van der Waals surface area contributed by atoms with Gasteiger partial charge in [0.05, 0.1) is 18.4 Å². The van der Waals surface area contributed by atoms with Crippen molar-refractivity contribution in [3.05, 3.63) is 48.3 Å². The van der Waals surface area contributed by atoms with Crippen molar-refractivity contribution in [2.24, 2.45) is 0 Å². The van der Waals surface area contributed by atoms with Crippen LogP contribution in [0.4, 0.5) is 0 Å². The van der Waals surface area contributed by atoms with E-state index in [1.165, 1.54) is 0 Å². The summed E-state index contributed by atoms with van der Waals surface area (Å²) in [7, 11) is 4.20. The standard InChI is InChI=1S/C19H27N5O/c1-22(2)18-9-11-23(14-18)15-19(25)20-10-8-16-12-21-24(13-16)17-6-4-3-5-7-17/h3-7,12-13,18H,8-11,14-15H2,1-2H3,(H,20,25). The number of para-hydroxylation sites is 1. The maximum Gasteiger partial charge on any atom is 0.234 e. The smallest absolute Gasteiger partial charge is 0.234 e. The van der Waals surface area contributed by atoms with Gasteiger partial charge in [-0.25, -0.2) is 4.68 Å². The Morgan fingerprint density at radius 2 is 2.12 bits per heavy atom. The van der Waals surface area contributed by atoms with Crippen LogP contribution >= 0.6 is 0 Å². The highest BCUT2D eigenvalue weighted by Crippen LogP contribution is 2.12. The third-order valence-corrected chi connectivity index (χ3v) is 4.74. The summed E-state index contributed by atoms with van der Waals surface area (Å²) in [5.41, 5.74) is 2.17. The Morgan fingerprint density at radius 1 is 1.32 bits per heavy atom. The minimum absolute atomic E-state index is 0.106. The summed E-state index contributed by atoms with van der Waals surface area (Å²) >= 11 is 0. The van der Waals surface area contributed by atoms with Gasteiger partial charge in [-0.15, -0.1) is 0 Å². The molecule has 6 heteroatoms. The molecule has 2 heterocycles. The van der Waals surface area contributed by atoms with Gasteiger partial charge >= 0.3 is 0 Å². The van der Waals surface area contributed by atoms with Crippen molar-refractivity contribution in [3.63, 3.8) is 0 Å². The van der Waals surface area contributed by atoms with Crippen LogP contribution in [-0.2, 0) is 11.2 Å². The summed E-state index contributed by atoms with van der Waals surface area (Å²) < 4.78 is 1.86. The first-order chi connectivity index (χ1) is 12.1. The minimum atomic E-state index is 0.106. The quantitative estimate of drug-likeness (QED) is 0.821. The number of carbonyl (C=O) groups excluding carboxylic acids is 1. The molecule has 1 N–H and O–H groups in total. The second-order valence-electron chi connectivity index (χ2n) is 6.87. The molecule has 1 amide bonds. The van der Waals surface area contributed by atoms with Crippen molar-refractivity contribution < 1.29 is 4.79 Å². The predicted molar refractivity (Wildman–Crippen MR) is 98.8 cm³/mol. The number of hydrogen-bond acceptors (Lipinski definition) is 4. The first kappa shape index (κ1) is 17.6. The van der Waals surface area contributed by atoms with Crippen LogP contribution in [0.1, 0.15) is 12.0 Å². The number of nitrogens with one attached hydrogen (secondary N) is 1. The first-order valence-electron chi connectivity index (χ1n) is 8.86. The van der Waals surface area contributed by atoms with E-state index in [1.807, 2.05) is 47.4 Å². The number of aromatic nitrogens is 2. The molecule has 1 aromatic carbocycles. The first-order valence-corrected chi connectivity index (χ1v) is 8.86. The molecule has 0 spiro atoms. The lowest BCUT2D eigenvalue weighted by atomic mass is 10.2. The number of amides is 1. The van der Waals surface area contributed by atoms with Crippen molar-refractivity contribution in [2.75, 3.05) is 40.3 Å². The zero-order valence-electron chi connectivity index (χ0n) is 15.1. The van der Waals surface area contributed by atoms with E-state index in [2.05, 4.69) is 34.3 Å². The van der Waals surface area contributed by atoms with Gasteiger partial charge < -0.3 is 10.2 Å². The van der Waals surface area contributed by atoms with E-state index in [9.17, 15) is 4.79 Å². The van der Waals surface area contributed by atoms with Crippen molar-refractivity contribution in [1.82, 2.24) is 24.9 Å². The van der Waals surface area contributed by atoms with Gasteiger partial charge in [-0.05, 0) is 44.6 Å². The van der Waals surface area contributed by atoms with Crippen molar-refractivity contribution in [3.8, 4) is 5.69 Å². The lowest BCUT2D eigenvalue weighted by Crippen LogP contribution is -2.38. The highest BCUT2D eigenvalue weighted by molar-refractivity contribution is 5.78. The Hall–Kier alpha value is -2.18. The molecular weight excluding hydrogens is 314 g/mol. The molecule has 0 bridgehead atoms. The molecule has 1 aliphatic heterocycles. The van der Waals surface area contributed by atoms with Gasteiger partial charge in [0.1, 0.15) is 0 Å². The average Bonchev–Trinajstić information content (AvgIpc) is 3.25. The van der Waals surface area contributed by atoms with Crippen LogP contribution in [0.15, 0.2) is 42.7 Å². The van der Waals surface area contributed by atoms with Crippen molar-refractivity contribution >= 4 is 5.91 Å². The summed E-state index contributed by atoms with van der Waals surface area (Å²) in [5.74, 6) is 0.106. The number of benzene rings is 1. The van der Waals surface area contributed by atoms with Crippen LogP contribution in [0.25, 0.3) is 5.69 Å². The summed E-state index contributed by atoms with van der Waals surface area (Å²) in [4.78, 5) is 16.6. The van der Waals surface area contributed by atoms with Gasteiger partial charge in [-0.2, -0.15) is 5.10 Å². The summed E-state index contributed by atoms with van der Waals surface area (Å²) in [6, 6.07) is 10.6. The Morgan fingerprint density at radius 3 is 2.84 bits per heavy atom. The monoisotopic (exact) mass is 341 g/mol. The number of likely N-dealkylation sites (N-methyl/N-ethyl adjacent to an activating group) is 1. The van der Waals surface area contributed by atoms with Gasteiger partial charge in [0.2, 0.25) is 5.91 Å². The molecule has 1 fully saturated rings. The number of carbonyl (C=O) groups is 1. The van der Waals surface area contributed by atoms with E-state index in [-0.39, 0.29) is 5.91 Å². The lowest BCUT2D eigenvalue weighted by molar-refractivity contribution is -0.122. The Kier molecular flexibility index (Phi) is 5.83. The molecule has 0 aliphatic carbocycles. The van der Waals surface area contributed by atoms with Crippen LogP contribution in [0.3, 0.4) is 0 Å². The topological polar surface area (TPSA) is 53.4 Å². The molecule has 1 aromatic heterocycles. The van der Waals surface area contributed by atoms with Gasteiger partial charge in [0.15, 0.2) is 0 Å². The van der Waals surface area contributed by atoms with Gasteiger partial charge in [-0.1, -0.05) is 18.2 Å². The fraction of sp³-hybridized carbons (Fsp3) is 0.474. The number of nitrogens with zero attached hydrogens (tertiary/aromatic N) is 4. The number of hydrogen-bond donors (Lipinski definition) is 1. The fourth-order valence-corrected chi connectivity index (χ4v) is 3.19. The van der Waals surface area contributed by atoms with E-state index in [1.54, 1.807) is 0 Å². The fourth-order valence-electron chi connectivity index (χ4n) is 3.19. The Balaban J connectivity index is 1.40. The van der Waals surface area contributed by atoms with E-state index < -0.39 is 0 Å². The molecule has 3 rings (SSSR count). The largest absolute Gasteiger partial charge is 0.355 e. The SMILES string of the molecule is CN(C)C1CCN(CC(=O)NCCc2cnn(-c3ccccc3)c2)C1. The highest BCUT2D eigenvalue weighted by atomic mass is 16.2. The molecule has 1 aliphatic rings. The summed E-state index contributed by atoms with van der Waals surface area (Å²) in [5, 5.41) is 7.40. The van der Waals surface area contributed by atoms with Crippen LogP contribution < -0.4 is 5.32 Å². The molecule has 1 atom stereocenters. The second kappa shape index (κ2) is 8.27. The second-order valence-corrected chi connectivity index (χ2v) is 6.87. The van der Waals surface area contributed by atoms with Crippen LogP contribution in [0.2, 0.25) is 0 Å². The molecule has 134 valence electrons. The molecular formula is C19H27N5O. The normalized spacial score (nSPS) is 18.0. The summed E-state index contributed by atoms with van der Waals surface area (Å²) in [6.07, 6.45) is 5.81. The van der Waals surface area contributed by atoms with E-state index in [4.69, 9.17) is 0 Å². The zero-order chi connectivity index (χ0) is 17.6. The minimum Gasteiger partial charge on any atom is -0.355 e. The predicted octanol–water partition coefficient (Wildman–Crippen LogP) is 1.17. The van der Waals surface area contributed by atoms with Gasteiger partial charge in [0, 0.05) is 31.9 Å². The summed E-state index contributed by atoms with van der Waals surface area (Å²) in [6.45, 7) is 3.11. The molecule has 1 unspecified atom stereocenters. The van der Waals surface area contributed by atoms with E-state index in [0.29, 0.717) is 19.1 Å². The molecule has 0 saturated carbocycles. The van der Waals surface area contributed by atoms with Crippen molar-refractivity contribution in [2.45, 2.75) is 18.9 Å². The number of likely N-dealkylation sites (tertiary alicyclic amines) is 1. The van der Waals surface area contributed by atoms with Crippen LogP contribution in [0.5, 0.6) is 0 Å². The third-order valence-electron chi connectivity index (χ3n) is 4.74. The molecule has 6 nitrogen and oxygen atoms in total. The van der Waals surface area contributed by atoms with Crippen LogP contribution in [0, 0.1) is 0 Å². The maximum atomic E-state index is 12.1. The molecule has 25 heavy (non-hydrogen) atoms. The molecule has 0 radical (unpaired) electrons. The lowest BCUT2D eigenvalue weighted by Gasteiger charge is -2.20. The van der Waals surface area contributed by atoms with Gasteiger partial charge in [-0.3, -0.25) is 9.69 Å². The van der Waals surface area contributed by atoms with Gasteiger partial charge in [0.25, 0.3) is 0 Å². The van der Waals surface area contributed by atoms with E-state index >= 15 is 0 Å². The third kappa shape index (κ3) is 4.90. The Labute approximate surface area is 149 Å². The highest BCUT2D eigenvalue weighted by Gasteiger charge is 2.24. The number of rotatable bonds is 7. The molecule has 2 aromatic rings. The van der Waals surface area contributed by atoms with Crippen molar-refractivity contribution in [1.29, 1.82) is 0 Å². The van der Waals surface area contributed by atoms with Crippen LogP contribution in [-0.4, -0.2) is 71.8 Å².